The molecule has 64 valence electrons. The highest BCUT2D eigenvalue weighted by molar-refractivity contribution is 8.61. The van der Waals surface area contributed by atoms with Crippen LogP contribution in [0.15, 0.2) is 0 Å². The first-order valence-electron chi connectivity index (χ1n) is 3.69. The first-order valence-corrected chi connectivity index (χ1v) is 10.4. The van der Waals surface area contributed by atoms with E-state index in [1.165, 1.54) is 0 Å². The van der Waals surface area contributed by atoms with Crippen molar-refractivity contribution in [2.75, 3.05) is 0 Å². The van der Waals surface area contributed by atoms with E-state index in [1.54, 1.807) is 0 Å². The molecule has 11 heavy (non-hydrogen) atoms. The first-order chi connectivity index (χ1) is 5.16. The number of hydrogen-bond acceptors (Lipinski definition) is 1. The smallest absolute Gasteiger partial charge is 0.141 e. The molecule has 1 fully saturated rings. The third-order valence-corrected chi connectivity index (χ3v) is 13.3. The van der Waals surface area contributed by atoms with Gasteiger partial charge in [0.1, 0.15) is 5.78 Å². The fourth-order valence-electron chi connectivity index (χ4n) is 1.50. The van der Waals surface area contributed by atoms with Crippen molar-refractivity contribution >= 4 is 38.9 Å². The molecule has 0 aromatic heterocycles. The fraction of sp³-hybridized carbons (Fsp3) is 0.833. The Balaban J connectivity index is 2.60. The van der Waals surface area contributed by atoms with Crippen molar-refractivity contribution in [1.82, 2.24) is 0 Å². The Hall–Kier alpha value is 1.39. The average molecular weight is 226 g/mol. The van der Waals surface area contributed by atoms with E-state index in [4.69, 9.17) is 0 Å². The largest absolute Gasteiger partial charge is 0.299 e. The van der Waals surface area contributed by atoms with Gasteiger partial charge in [-0.25, -0.2) is 0 Å². The molecular formula is C6H14OP4. The van der Waals surface area contributed by atoms with Crippen LogP contribution in [-0.4, -0.2) is 11.4 Å². The van der Waals surface area contributed by atoms with Crippen LogP contribution in [-0.2, 0) is 4.79 Å². The number of carbonyl (C=O) groups excluding carboxylic acids is 1. The standard InChI is InChI=1S/C6H14OP4/c1-4-2-3-5(7)6(4)11(9)10-8/h4,6,10H,2-3,8-9H2,1H3/t4-,6-,11?/m0/s1. The Morgan fingerprint density at radius 2 is 2.36 bits per heavy atom. The Bertz CT molecular complexity index is 161. The lowest BCUT2D eigenvalue weighted by Gasteiger charge is -2.20. The van der Waals surface area contributed by atoms with E-state index >= 15 is 0 Å². The molecule has 0 spiro atoms. The van der Waals surface area contributed by atoms with Gasteiger partial charge in [0, 0.05) is 12.1 Å². The lowest BCUT2D eigenvalue weighted by molar-refractivity contribution is -0.117. The lowest BCUT2D eigenvalue weighted by atomic mass is 10.1. The van der Waals surface area contributed by atoms with Crippen LogP contribution in [0.5, 0.6) is 0 Å². The molecule has 0 N–H and O–H groups in total. The molecule has 0 amide bonds. The molecule has 0 radical (unpaired) electrons. The van der Waals surface area contributed by atoms with E-state index in [1.807, 2.05) is 0 Å². The zero-order valence-electron chi connectivity index (χ0n) is 6.58. The summed E-state index contributed by atoms with van der Waals surface area (Å²) >= 11 is 0. The SMILES string of the molecule is C[C@H]1CCC(=O)[C@H]1P(P)PP. The summed E-state index contributed by atoms with van der Waals surface area (Å²) in [6.45, 7) is 2.21. The van der Waals surface area contributed by atoms with Crippen molar-refractivity contribution in [2.24, 2.45) is 5.92 Å². The Morgan fingerprint density at radius 1 is 1.73 bits per heavy atom. The van der Waals surface area contributed by atoms with Gasteiger partial charge in [0.05, 0.1) is 0 Å². The normalized spacial score (nSPS) is 35.4. The molecule has 4 unspecified atom stereocenters. The highest BCUT2D eigenvalue weighted by Gasteiger charge is 2.34. The van der Waals surface area contributed by atoms with Gasteiger partial charge in [-0.05, 0) is 12.3 Å². The quantitative estimate of drug-likeness (QED) is 0.661. The molecule has 0 bridgehead atoms. The molecule has 0 aromatic carbocycles. The zero-order chi connectivity index (χ0) is 8.43. The molecule has 1 aliphatic rings. The predicted octanol–water partition coefficient (Wildman–Crippen LogP) is 3.01. The summed E-state index contributed by atoms with van der Waals surface area (Å²) < 4.78 is 0. The topological polar surface area (TPSA) is 17.1 Å². The summed E-state index contributed by atoms with van der Waals surface area (Å²) in [4.78, 5) is 11.4. The fourth-order valence-corrected chi connectivity index (χ4v) is 7.30. The lowest BCUT2D eigenvalue weighted by Crippen LogP contribution is -2.13. The van der Waals surface area contributed by atoms with E-state index in [9.17, 15) is 4.79 Å². The van der Waals surface area contributed by atoms with Gasteiger partial charge in [0.15, 0.2) is 0 Å². The molecule has 5 heteroatoms. The van der Waals surface area contributed by atoms with Crippen LogP contribution in [0.3, 0.4) is 0 Å². The maximum Gasteiger partial charge on any atom is 0.141 e. The molecule has 1 aliphatic carbocycles. The van der Waals surface area contributed by atoms with Gasteiger partial charge in [-0.1, -0.05) is 22.2 Å². The molecule has 0 heterocycles. The van der Waals surface area contributed by atoms with E-state index in [0.717, 1.165) is 20.8 Å². The minimum absolute atomic E-state index is 0.100. The van der Waals surface area contributed by atoms with Gasteiger partial charge >= 0.3 is 0 Å². The van der Waals surface area contributed by atoms with Gasteiger partial charge in [-0.3, -0.25) is 4.79 Å². The summed E-state index contributed by atoms with van der Waals surface area (Å²) in [7, 11) is 6.39. The van der Waals surface area contributed by atoms with Gasteiger partial charge in [0.2, 0.25) is 0 Å². The summed E-state index contributed by atoms with van der Waals surface area (Å²) in [5.41, 5.74) is 0.394. The van der Waals surface area contributed by atoms with E-state index in [2.05, 4.69) is 24.8 Å². The van der Waals surface area contributed by atoms with Crippen molar-refractivity contribution in [3.63, 3.8) is 0 Å². The minimum atomic E-state index is -0.100. The highest BCUT2D eigenvalue weighted by atomic mass is 32.6. The monoisotopic (exact) mass is 226 g/mol. The van der Waals surface area contributed by atoms with Crippen LogP contribution in [0.4, 0.5) is 0 Å². The van der Waals surface area contributed by atoms with Crippen molar-refractivity contribution < 1.29 is 4.79 Å². The summed E-state index contributed by atoms with van der Waals surface area (Å²) in [5.74, 6) is 1.15. The van der Waals surface area contributed by atoms with Crippen molar-refractivity contribution in [2.45, 2.75) is 25.4 Å². The summed E-state index contributed by atoms with van der Waals surface area (Å²) in [5, 5.41) is 0. The van der Waals surface area contributed by atoms with Crippen LogP contribution in [0.25, 0.3) is 0 Å². The number of carbonyl (C=O) groups is 1. The molecule has 1 rings (SSSR count). The van der Waals surface area contributed by atoms with Crippen LogP contribution >= 0.6 is 33.1 Å². The maximum absolute atomic E-state index is 11.4. The maximum atomic E-state index is 11.4. The minimum Gasteiger partial charge on any atom is -0.299 e. The average Bonchev–Trinajstić information content (AvgIpc) is 2.30. The third kappa shape index (κ3) is 2.42. The molecule has 1 saturated carbocycles. The van der Waals surface area contributed by atoms with Gasteiger partial charge < -0.3 is 0 Å². The number of Topliss-reactive ketones (excluding diaryl/α,β-unsaturated/α-hetero) is 1. The zero-order valence-corrected chi connectivity index (χ0v) is 10.8. The summed E-state index contributed by atoms with van der Waals surface area (Å²) in [6.07, 6.45) is 1.94. The molecule has 1 nitrogen and oxygen atoms in total. The predicted molar refractivity (Wildman–Crippen MR) is 61.8 cm³/mol. The van der Waals surface area contributed by atoms with Crippen molar-refractivity contribution in [3.8, 4) is 0 Å². The van der Waals surface area contributed by atoms with Gasteiger partial charge in [-0.15, -0.1) is 17.9 Å². The van der Waals surface area contributed by atoms with Gasteiger partial charge in [0.25, 0.3) is 0 Å². The molecule has 0 saturated heterocycles. The molecule has 0 aromatic rings. The highest BCUT2D eigenvalue weighted by Crippen LogP contribution is 2.71. The molecule has 6 atom stereocenters. The second-order valence-corrected chi connectivity index (χ2v) is 12.5. The number of rotatable bonds is 2. The Kier molecular flexibility index (Phi) is 4.36. The van der Waals surface area contributed by atoms with E-state index < -0.39 is 0 Å². The molecular weight excluding hydrogens is 212 g/mol. The van der Waals surface area contributed by atoms with Crippen molar-refractivity contribution in [1.29, 1.82) is 0 Å². The van der Waals surface area contributed by atoms with Crippen LogP contribution in [0.2, 0.25) is 0 Å². The van der Waals surface area contributed by atoms with Crippen LogP contribution in [0, 0.1) is 5.92 Å². The van der Waals surface area contributed by atoms with Crippen molar-refractivity contribution in [3.05, 3.63) is 0 Å². The first kappa shape index (κ1) is 10.5. The second kappa shape index (κ2) is 4.58. The van der Waals surface area contributed by atoms with E-state index in [-0.39, 0.29) is 7.30 Å². The number of ketones is 1. The third-order valence-electron chi connectivity index (χ3n) is 2.16. The van der Waals surface area contributed by atoms with Gasteiger partial charge in [-0.2, -0.15) is 0 Å². The second-order valence-electron chi connectivity index (χ2n) is 2.96. The van der Waals surface area contributed by atoms with Crippen LogP contribution < -0.4 is 0 Å². The summed E-state index contributed by atoms with van der Waals surface area (Å²) in [6, 6.07) is 0. The Labute approximate surface area is 75.5 Å². The Morgan fingerprint density at radius 3 is 2.73 bits per heavy atom. The van der Waals surface area contributed by atoms with Crippen LogP contribution in [0.1, 0.15) is 19.8 Å². The van der Waals surface area contributed by atoms with E-state index in [0.29, 0.717) is 17.4 Å². The number of hydrogen-bond donors (Lipinski definition) is 0. The molecule has 0 aliphatic heterocycles.